The number of furan rings is 1. The lowest BCUT2D eigenvalue weighted by molar-refractivity contribution is 0.669. The molecule has 11 aromatic rings. The van der Waals surface area contributed by atoms with E-state index >= 15 is 0 Å². The Balaban J connectivity index is 1.21. The van der Waals surface area contributed by atoms with Gasteiger partial charge in [0.2, 0.25) is 0 Å². The zero-order chi connectivity index (χ0) is 36.3. The standard InChI is InChI=1S/C52H33NOS/c1-3-15-34(16-4-1)37-31-32-46(40-20-8-7-19-38(37)40)53(47-25-14-27-49-51(47)44-22-9-11-26-48(44)54-49)36-29-30-39(45(33-36)35-17-5-2-6-18-35)42-23-13-24-43-41-21-10-12-28-50(41)55-52(42)43/h1-33H. The third-order valence-electron chi connectivity index (χ3n) is 10.9. The van der Waals surface area contributed by atoms with Gasteiger partial charge in [-0.05, 0) is 75.7 Å². The van der Waals surface area contributed by atoms with E-state index in [1.165, 1.54) is 64.3 Å². The highest BCUT2D eigenvalue weighted by Crippen LogP contribution is 2.49. The monoisotopic (exact) mass is 719 g/mol. The fraction of sp³-hybridized carbons (Fsp3) is 0. The molecule has 258 valence electrons. The lowest BCUT2D eigenvalue weighted by Gasteiger charge is -2.29. The fourth-order valence-electron chi connectivity index (χ4n) is 8.42. The Morgan fingerprint density at radius 1 is 0.364 bits per heavy atom. The number of nitrogens with zero attached hydrogens (tertiary/aromatic N) is 1. The maximum atomic E-state index is 6.49. The van der Waals surface area contributed by atoms with Crippen LogP contribution in [0.25, 0.3) is 86.3 Å². The summed E-state index contributed by atoms with van der Waals surface area (Å²) in [6.45, 7) is 0. The van der Waals surface area contributed by atoms with Crippen LogP contribution in [0, 0.1) is 0 Å². The molecule has 2 heterocycles. The summed E-state index contributed by atoms with van der Waals surface area (Å²) >= 11 is 1.87. The molecule has 0 spiro atoms. The van der Waals surface area contributed by atoms with Crippen LogP contribution in [0.5, 0.6) is 0 Å². The van der Waals surface area contributed by atoms with Crippen LogP contribution in [0.2, 0.25) is 0 Å². The number of para-hydroxylation sites is 1. The summed E-state index contributed by atoms with van der Waals surface area (Å²) in [4.78, 5) is 2.44. The average molecular weight is 720 g/mol. The molecule has 55 heavy (non-hydrogen) atoms. The fourth-order valence-corrected chi connectivity index (χ4v) is 9.65. The topological polar surface area (TPSA) is 16.4 Å². The molecule has 0 saturated heterocycles. The highest BCUT2D eigenvalue weighted by molar-refractivity contribution is 7.26. The first-order valence-electron chi connectivity index (χ1n) is 18.7. The molecule has 0 saturated carbocycles. The Morgan fingerprint density at radius 3 is 1.80 bits per heavy atom. The van der Waals surface area contributed by atoms with Gasteiger partial charge in [-0.1, -0.05) is 158 Å². The smallest absolute Gasteiger partial charge is 0.137 e. The highest BCUT2D eigenvalue weighted by Gasteiger charge is 2.24. The van der Waals surface area contributed by atoms with Gasteiger partial charge in [-0.3, -0.25) is 0 Å². The molecule has 11 rings (SSSR count). The zero-order valence-electron chi connectivity index (χ0n) is 29.8. The van der Waals surface area contributed by atoms with Gasteiger partial charge in [0, 0.05) is 42.2 Å². The first-order chi connectivity index (χ1) is 27.3. The van der Waals surface area contributed by atoms with Gasteiger partial charge < -0.3 is 9.32 Å². The molecule has 2 nitrogen and oxygen atoms in total. The van der Waals surface area contributed by atoms with Crippen molar-refractivity contribution in [3.8, 4) is 33.4 Å². The van der Waals surface area contributed by atoms with Crippen LogP contribution in [0.1, 0.15) is 0 Å². The summed E-state index contributed by atoms with van der Waals surface area (Å²) in [7, 11) is 0. The van der Waals surface area contributed by atoms with Gasteiger partial charge in [0.25, 0.3) is 0 Å². The highest BCUT2D eigenvalue weighted by atomic mass is 32.1. The van der Waals surface area contributed by atoms with Crippen LogP contribution in [0.4, 0.5) is 17.1 Å². The second kappa shape index (κ2) is 12.9. The molecule has 0 radical (unpaired) electrons. The number of anilines is 3. The van der Waals surface area contributed by atoms with Crippen LogP contribution in [0.15, 0.2) is 205 Å². The van der Waals surface area contributed by atoms with Gasteiger partial charge in [0.05, 0.1) is 16.8 Å². The Bertz CT molecular complexity index is 3210. The van der Waals surface area contributed by atoms with Crippen molar-refractivity contribution in [2.75, 3.05) is 4.90 Å². The van der Waals surface area contributed by atoms with Gasteiger partial charge >= 0.3 is 0 Å². The van der Waals surface area contributed by atoms with Crippen molar-refractivity contribution in [3.05, 3.63) is 200 Å². The van der Waals surface area contributed by atoms with Crippen molar-refractivity contribution >= 4 is 81.3 Å². The molecule has 2 aromatic heterocycles. The summed E-state index contributed by atoms with van der Waals surface area (Å²) < 4.78 is 9.10. The average Bonchev–Trinajstić information content (AvgIpc) is 3.84. The van der Waals surface area contributed by atoms with E-state index in [9.17, 15) is 0 Å². The summed E-state index contributed by atoms with van der Waals surface area (Å²) in [5.41, 5.74) is 12.2. The van der Waals surface area contributed by atoms with E-state index in [2.05, 4.69) is 199 Å². The summed E-state index contributed by atoms with van der Waals surface area (Å²) in [5, 5.41) is 7.17. The van der Waals surface area contributed by atoms with E-state index in [0.29, 0.717) is 0 Å². The number of rotatable bonds is 6. The van der Waals surface area contributed by atoms with E-state index in [0.717, 1.165) is 39.0 Å². The van der Waals surface area contributed by atoms with E-state index in [4.69, 9.17) is 4.42 Å². The van der Waals surface area contributed by atoms with Crippen molar-refractivity contribution in [1.82, 2.24) is 0 Å². The molecule has 0 unspecified atom stereocenters. The molecule has 0 atom stereocenters. The number of hydrogen-bond acceptors (Lipinski definition) is 3. The lowest BCUT2D eigenvalue weighted by Crippen LogP contribution is -2.11. The van der Waals surface area contributed by atoms with Gasteiger partial charge in [-0.15, -0.1) is 11.3 Å². The molecular weight excluding hydrogens is 687 g/mol. The van der Waals surface area contributed by atoms with Crippen LogP contribution in [-0.4, -0.2) is 0 Å². The van der Waals surface area contributed by atoms with E-state index in [-0.39, 0.29) is 0 Å². The SMILES string of the molecule is c1ccc(-c2cc(N(c3ccc(-c4ccccc4)c4ccccc34)c3cccc4oc5ccccc5c34)ccc2-c2cccc3c2sc2ccccc23)cc1. The minimum Gasteiger partial charge on any atom is -0.456 e. The molecule has 9 aromatic carbocycles. The second-order valence-electron chi connectivity index (χ2n) is 14.0. The van der Waals surface area contributed by atoms with Gasteiger partial charge in [-0.2, -0.15) is 0 Å². The maximum Gasteiger partial charge on any atom is 0.137 e. The van der Waals surface area contributed by atoms with E-state index in [1.54, 1.807) is 0 Å². The van der Waals surface area contributed by atoms with Crippen LogP contribution < -0.4 is 4.90 Å². The number of thiophene rings is 1. The normalized spacial score (nSPS) is 11.6. The molecule has 0 aliphatic rings. The number of hydrogen-bond donors (Lipinski definition) is 0. The predicted molar refractivity (Wildman–Crippen MR) is 235 cm³/mol. The van der Waals surface area contributed by atoms with Crippen molar-refractivity contribution < 1.29 is 4.42 Å². The first kappa shape index (κ1) is 31.6. The van der Waals surface area contributed by atoms with Crippen LogP contribution in [-0.2, 0) is 0 Å². The summed E-state index contributed by atoms with van der Waals surface area (Å²) in [5.74, 6) is 0. The zero-order valence-corrected chi connectivity index (χ0v) is 30.6. The van der Waals surface area contributed by atoms with E-state index < -0.39 is 0 Å². The Hall–Kier alpha value is -6.94. The quantitative estimate of drug-likeness (QED) is 0.170. The second-order valence-corrected chi connectivity index (χ2v) is 15.1. The third kappa shape index (κ3) is 5.16. The summed E-state index contributed by atoms with van der Waals surface area (Å²) in [6.07, 6.45) is 0. The molecule has 3 heteroatoms. The largest absolute Gasteiger partial charge is 0.456 e. The number of benzene rings is 9. The van der Waals surface area contributed by atoms with E-state index in [1.807, 2.05) is 17.4 Å². The van der Waals surface area contributed by atoms with Gasteiger partial charge in [0.15, 0.2) is 0 Å². The first-order valence-corrected chi connectivity index (χ1v) is 19.5. The van der Waals surface area contributed by atoms with Crippen molar-refractivity contribution in [1.29, 1.82) is 0 Å². The predicted octanol–water partition coefficient (Wildman–Crippen LogP) is 15.6. The lowest BCUT2D eigenvalue weighted by atomic mass is 9.92. The minimum absolute atomic E-state index is 0.866. The molecule has 0 N–H and O–H groups in total. The number of fused-ring (bicyclic) bond motifs is 7. The van der Waals surface area contributed by atoms with Gasteiger partial charge in [-0.25, -0.2) is 0 Å². The molecular formula is C52H33NOS. The van der Waals surface area contributed by atoms with Crippen LogP contribution >= 0.6 is 11.3 Å². The molecule has 0 aliphatic heterocycles. The van der Waals surface area contributed by atoms with Crippen LogP contribution in [0.3, 0.4) is 0 Å². The van der Waals surface area contributed by atoms with Crippen molar-refractivity contribution in [2.45, 2.75) is 0 Å². The molecule has 0 bridgehead atoms. The van der Waals surface area contributed by atoms with Crippen molar-refractivity contribution in [2.24, 2.45) is 0 Å². The Morgan fingerprint density at radius 2 is 0.982 bits per heavy atom. The Labute approximate surface area is 322 Å². The molecule has 0 fully saturated rings. The van der Waals surface area contributed by atoms with Gasteiger partial charge in [0.1, 0.15) is 11.2 Å². The molecule has 0 amide bonds. The Kier molecular flexibility index (Phi) is 7.39. The third-order valence-corrected chi connectivity index (χ3v) is 12.1. The maximum absolute atomic E-state index is 6.49. The van der Waals surface area contributed by atoms with Crippen molar-refractivity contribution in [3.63, 3.8) is 0 Å². The molecule has 0 aliphatic carbocycles. The summed E-state index contributed by atoms with van der Waals surface area (Å²) in [6, 6.07) is 72.2. The minimum atomic E-state index is 0.866.